The lowest BCUT2D eigenvalue weighted by atomic mass is 9.99. The lowest BCUT2D eigenvalue weighted by Gasteiger charge is -2.17. The van der Waals surface area contributed by atoms with Gasteiger partial charge in [-0.25, -0.2) is 4.39 Å². The van der Waals surface area contributed by atoms with Gasteiger partial charge in [0.05, 0.1) is 10.5 Å². The van der Waals surface area contributed by atoms with Crippen LogP contribution in [0.4, 0.5) is 4.39 Å². The van der Waals surface area contributed by atoms with Crippen LogP contribution in [0.3, 0.4) is 0 Å². The Kier molecular flexibility index (Phi) is 4.69. The summed E-state index contributed by atoms with van der Waals surface area (Å²) in [5, 5.41) is 0. The summed E-state index contributed by atoms with van der Waals surface area (Å²) in [6.45, 7) is 2.05. The molecule has 1 atom stereocenters. The maximum Gasteiger partial charge on any atom is 0.137 e. The topological polar surface area (TPSA) is 38.0 Å². The van der Waals surface area contributed by atoms with Crippen molar-refractivity contribution in [2.45, 2.75) is 19.4 Å². The number of halogens is 2. The van der Waals surface area contributed by atoms with Crippen molar-refractivity contribution in [1.29, 1.82) is 0 Å². The van der Waals surface area contributed by atoms with E-state index in [1.54, 1.807) is 6.07 Å². The first kappa shape index (κ1) is 14.2. The molecule has 0 aliphatic carbocycles. The first-order chi connectivity index (χ1) is 9.10. The zero-order valence-electron chi connectivity index (χ0n) is 10.7. The van der Waals surface area contributed by atoms with Crippen molar-refractivity contribution in [3.63, 3.8) is 0 Å². The van der Waals surface area contributed by atoms with Gasteiger partial charge in [0.15, 0.2) is 0 Å². The Morgan fingerprint density at radius 3 is 2.47 bits per heavy atom. The second kappa shape index (κ2) is 6.28. The number of hydrogen-bond acceptors (Lipinski definition) is 2. The SMILES string of the molecule is Cc1ccc(CC(NN)c2ccc(Br)c(F)c2)cc1. The van der Waals surface area contributed by atoms with Crippen molar-refractivity contribution >= 4 is 15.9 Å². The lowest BCUT2D eigenvalue weighted by molar-refractivity contribution is 0.543. The maximum absolute atomic E-state index is 13.6. The van der Waals surface area contributed by atoms with Gasteiger partial charge in [0.2, 0.25) is 0 Å². The van der Waals surface area contributed by atoms with E-state index < -0.39 is 0 Å². The molecule has 0 radical (unpaired) electrons. The maximum atomic E-state index is 13.6. The van der Waals surface area contributed by atoms with Crippen LogP contribution in [0.25, 0.3) is 0 Å². The summed E-state index contributed by atoms with van der Waals surface area (Å²) in [5.41, 5.74) is 5.96. The van der Waals surface area contributed by atoms with Gasteiger partial charge in [-0.1, -0.05) is 35.9 Å². The smallest absolute Gasteiger partial charge is 0.137 e. The second-order valence-electron chi connectivity index (χ2n) is 4.58. The van der Waals surface area contributed by atoms with E-state index in [2.05, 4.69) is 45.6 Å². The molecule has 0 aliphatic rings. The van der Waals surface area contributed by atoms with E-state index in [0.717, 1.165) is 17.5 Å². The van der Waals surface area contributed by atoms with Gasteiger partial charge in [0.1, 0.15) is 5.82 Å². The summed E-state index contributed by atoms with van der Waals surface area (Å²) in [5.74, 6) is 5.31. The summed E-state index contributed by atoms with van der Waals surface area (Å²) in [4.78, 5) is 0. The normalized spacial score (nSPS) is 12.4. The Morgan fingerprint density at radius 2 is 1.89 bits per heavy atom. The Bertz CT molecular complexity index is 555. The highest BCUT2D eigenvalue weighted by Crippen LogP contribution is 2.23. The number of rotatable bonds is 4. The van der Waals surface area contributed by atoms with Crippen molar-refractivity contribution in [2.24, 2.45) is 5.84 Å². The third kappa shape index (κ3) is 3.62. The Hall–Kier alpha value is -1.23. The standard InChI is InChI=1S/C15H16BrFN2/c1-10-2-4-11(5-3-10)8-15(19-18)12-6-7-13(16)14(17)9-12/h2-7,9,15,19H,8,18H2,1H3. The predicted molar refractivity (Wildman–Crippen MR) is 79.0 cm³/mol. The highest BCUT2D eigenvalue weighted by Gasteiger charge is 2.12. The van der Waals surface area contributed by atoms with Crippen LogP contribution in [0.15, 0.2) is 46.9 Å². The van der Waals surface area contributed by atoms with Gasteiger partial charge < -0.3 is 0 Å². The second-order valence-corrected chi connectivity index (χ2v) is 5.44. The van der Waals surface area contributed by atoms with Crippen LogP contribution in [0.5, 0.6) is 0 Å². The van der Waals surface area contributed by atoms with Crippen LogP contribution in [0.2, 0.25) is 0 Å². The van der Waals surface area contributed by atoms with Gasteiger partial charge >= 0.3 is 0 Å². The van der Waals surface area contributed by atoms with Gasteiger partial charge in [-0.05, 0) is 52.5 Å². The van der Waals surface area contributed by atoms with Crippen molar-refractivity contribution in [3.05, 3.63) is 69.4 Å². The fraction of sp³-hybridized carbons (Fsp3) is 0.200. The summed E-state index contributed by atoms with van der Waals surface area (Å²) in [6.07, 6.45) is 0.720. The van der Waals surface area contributed by atoms with E-state index in [9.17, 15) is 4.39 Å². The van der Waals surface area contributed by atoms with Gasteiger partial charge in [0, 0.05) is 0 Å². The average Bonchev–Trinajstić information content (AvgIpc) is 2.41. The fourth-order valence-corrected chi connectivity index (χ4v) is 2.21. The first-order valence-corrected chi connectivity index (χ1v) is 6.86. The quantitative estimate of drug-likeness (QED) is 0.666. The molecule has 2 nitrogen and oxygen atoms in total. The molecule has 0 bridgehead atoms. The molecule has 0 spiro atoms. The summed E-state index contributed by atoms with van der Waals surface area (Å²) >= 11 is 3.15. The number of nitrogens with one attached hydrogen (secondary N) is 1. The molecular weight excluding hydrogens is 307 g/mol. The van der Waals surface area contributed by atoms with Crippen LogP contribution < -0.4 is 11.3 Å². The molecule has 0 saturated carbocycles. The average molecular weight is 323 g/mol. The number of hydrazine groups is 1. The molecule has 0 aromatic heterocycles. The van der Waals surface area contributed by atoms with E-state index >= 15 is 0 Å². The van der Waals surface area contributed by atoms with Crippen LogP contribution in [0.1, 0.15) is 22.7 Å². The third-order valence-corrected chi connectivity index (χ3v) is 3.75. The Balaban J connectivity index is 2.19. The summed E-state index contributed by atoms with van der Waals surface area (Å²) in [7, 11) is 0. The van der Waals surface area contributed by atoms with Crippen molar-refractivity contribution in [1.82, 2.24) is 5.43 Å². The van der Waals surface area contributed by atoms with Crippen LogP contribution >= 0.6 is 15.9 Å². The molecule has 1 unspecified atom stereocenters. The molecular formula is C15H16BrFN2. The highest BCUT2D eigenvalue weighted by molar-refractivity contribution is 9.10. The van der Waals surface area contributed by atoms with Crippen LogP contribution in [-0.2, 0) is 6.42 Å². The zero-order valence-corrected chi connectivity index (χ0v) is 12.2. The fourth-order valence-electron chi connectivity index (χ4n) is 1.96. The molecule has 0 fully saturated rings. The largest absolute Gasteiger partial charge is 0.271 e. The van der Waals surface area contributed by atoms with Gasteiger partial charge in [0.25, 0.3) is 0 Å². The molecule has 0 aliphatic heterocycles. The number of nitrogens with two attached hydrogens (primary N) is 1. The third-order valence-electron chi connectivity index (χ3n) is 3.11. The van der Waals surface area contributed by atoms with Crippen molar-refractivity contribution in [2.75, 3.05) is 0 Å². The highest BCUT2D eigenvalue weighted by atomic mass is 79.9. The monoisotopic (exact) mass is 322 g/mol. The van der Waals surface area contributed by atoms with Crippen molar-refractivity contribution in [3.8, 4) is 0 Å². The molecule has 3 N–H and O–H groups in total. The van der Waals surface area contributed by atoms with Crippen molar-refractivity contribution < 1.29 is 4.39 Å². The van der Waals surface area contributed by atoms with Gasteiger partial charge in [-0.2, -0.15) is 0 Å². The molecule has 2 rings (SSSR count). The number of benzene rings is 2. The van der Waals surface area contributed by atoms with Crippen LogP contribution in [-0.4, -0.2) is 0 Å². The molecule has 2 aromatic carbocycles. The van der Waals surface area contributed by atoms with Gasteiger partial charge in [-0.3, -0.25) is 11.3 Å². The lowest BCUT2D eigenvalue weighted by Crippen LogP contribution is -2.29. The van der Waals surface area contributed by atoms with Crippen LogP contribution in [0, 0.1) is 12.7 Å². The van der Waals surface area contributed by atoms with E-state index in [4.69, 9.17) is 5.84 Å². The van der Waals surface area contributed by atoms with E-state index in [-0.39, 0.29) is 11.9 Å². The first-order valence-electron chi connectivity index (χ1n) is 6.07. The predicted octanol–water partition coefficient (Wildman–Crippen LogP) is 3.64. The molecule has 0 saturated heterocycles. The number of aryl methyl sites for hydroxylation is 1. The zero-order chi connectivity index (χ0) is 13.8. The molecule has 19 heavy (non-hydrogen) atoms. The van der Waals surface area contributed by atoms with E-state index in [1.807, 2.05) is 13.0 Å². The minimum absolute atomic E-state index is 0.106. The molecule has 2 aromatic rings. The van der Waals surface area contributed by atoms with Gasteiger partial charge in [-0.15, -0.1) is 0 Å². The minimum atomic E-state index is -0.276. The minimum Gasteiger partial charge on any atom is -0.271 e. The summed E-state index contributed by atoms with van der Waals surface area (Å²) < 4.78 is 14.0. The molecule has 100 valence electrons. The Labute approximate surface area is 120 Å². The van der Waals surface area contributed by atoms with E-state index in [0.29, 0.717) is 4.47 Å². The summed E-state index contributed by atoms with van der Waals surface area (Å²) in [6, 6.07) is 13.2. The molecule has 4 heteroatoms. The molecule has 0 heterocycles. The molecule has 0 amide bonds. The van der Waals surface area contributed by atoms with E-state index in [1.165, 1.54) is 11.6 Å². The number of hydrogen-bond donors (Lipinski definition) is 2. The Morgan fingerprint density at radius 1 is 1.21 bits per heavy atom.